The summed E-state index contributed by atoms with van der Waals surface area (Å²) >= 11 is 0. The molecule has 0 radical (unpaired) electrons. The van der Waals surface area contributed by atoms with Crippen molar-refractivity contribution >= 4 is 24.2 Å². The van der Waals surface area contributed by atoms with Crippen LogP contribution in [0, 0.1) is 0 Å². The summed E-state index contributed by atoms with van der Waals surface area (Å²) in [6.07, 6.45) is 0.396. The van der Waals surface area contributed by atoms with Crippen molar-refractivity contribution < 1.29 is 19.1 Å². The van der Waals surface area contributed by atoms with E-state index in [-0.39, 0.29) is 36.9 Å². The van der Waals surface area contributed by atoms with Crippen molar-refractivity contribution in [3.63, 3.8) is 0 Å². The standard InChI is InChI=1S/C17H25N3O4.ClH/c1-2-18-17(22)12-24-15-5-3-4-13(8-15)10-20-16(21)9-14-11-23-7-6-19-14;/h3-5,8,14,19H,2,6-7,9-12H2,1H3,(H,18,22)(H,20,21);1H. The van der Waals surface area contributed by atoms with Crippen LogP contribution in [0.4, 0.5) is 0 Å². The molecule has 0 saturated carbocycles. The van der Waals surface area contributed by atoms with Crippen LogP contribution >= 0.6 is 12.4 Å². The SMILES string of the molecule is CCNC(=O)COc1cccc(CNC(=O)CC2COCCN2)c1.Cl. The molecule has 1 heterocycles. The number of ether oxygens (including phenoxy) is 2. The maximum absolute atomic E-state index is 12.0. The van der Waals surface area contributed by atoms with Crippen LogP contribution < -0.4 is 20.7 Å². The lowest BCUT2D eigenvalue weighted by Gasteiger charge is -2.23. The molecule has 1 aromatic carbocycles. The van der Waals surface area contributed by atoms with Gasteiger partial charge in [-0.2, -0.15) is 0 Å². The third kappa shape index (κ3) is 8.20. The van der Waals surface area contributed by atoms with Crippen molar-refractivity contribution in [1.82, 2.24) is 16.0 Å². The number of benzene rings is 1. The molecule has 2 amide bonds. The van der Waals surface area contributed by atoms with Gasteiger partial charge in [-0.15, -0.1) is 12.4 Å². The number of hydrogen-bond acceptors (Lipinski definition) is 5. The zero-order chi connectivity index (χ0) is 17.2. The van der Waals surface area contributed by atoms with E-state index >= 15 is 0 Å². The summed E-state index contributed by atoms with van der Waals surface area (Å²) in [5.41, 5.74) is 0.921. The molecular formula is C17H26ClN3O4. The molecule has 140 valence electrons. The van der Waals surface area contributed by atoms with Crippen molar-refractivity contribution in [3.05, 3.63) is 29.8 Å². The zero-order valence-electron chi connectivity index (χ0n) is 14.4. The summed E-state index contributed by atoms with van der Waals surface area (Å²) in [6.45, 7) is 4.88. The number of amides is 2. The topological polar surface area (TPSA) is 88.7 Å². The number of nitrogens with one attached hydrogen (secondary N) is 3. The summed E-state index contributed by atoms with van der Waals surface area (Å²) in [5.74, 6) is 0.431. The molecule has 0 aromatic heterocycles. The Labute approximate surface area is 154 Å². The first-order chi connectivity index (χ1) is 11.7. The fraction of sp³-hybridized carbons (Fsp3) is 0.529. The Kier molecular flexibility index (Phi) is 9.91. The molecule has 0 bridgehead atoms. The van der Waals surface area contributed by atoms with Crippen LogP contribution in [0.15, 0.2) is 24.3 Å². The molecule has 2 rings (SSSR count). The number of carbonyl (C=O) groups is 2. The highest BCUT2D eigenvalue weighted by atomic mass is 35.5. The third-order valence-electron chi connectivity index (χ3n) is 3.56. The molecule has 0 spiro atoms. The summed E-state index contributed by atoms with van der Waals surface area (Å²) in [7, 11) is 0. The quantitative estimate of drug-likeness (QED) is 0.623. The van der Waals surface area contributed by atoms with Crippen LogP contribution in [0.25, 0.3) is 0 Å². The largest absolute Gasteiger partial charge is 0.484 e. The molecule has 1 aliphatic heterocycles. The maximum Gasteiger partial charge on any atom is 0.257 e. The molecule has 1 atom stereocenters. The number of likely N-dealkylation sites (N-methyl/N-ethyl adjacent to an activating group) is 1. The van der Waals surface area contributed by atoms with Gasteiger partial charge in [-0.3, -0.25) is 9.59 Å². The summed E-state index contributed by atoms with van der Waals surface area (Å²) in [6, 6.07) is 7.42. The van der Waals surface area contributed by atoms with Crippen molar-refractivity contribution in [2.45, 2.75) is 25.9 Å². The van der Waals surface area contributed by atoms with Gasteiger partial charge in [0.25, 0.3) is 5.91 Å². The molecule has 7 nitrogen and oxygen atoms in total. The van der Waals surface area contributed by atoms with Crippen molar-refractivity contribution in [3.8, 4) is 5.75 Å². The van der Waals surface area contributed by atoms with E-state index in [0.29, 0.717) is 38.5 Å². The van der Waals surface area contributed by atoms with Gasteiger partial charge in [-0.1, -0.05) is 12.1 Å². The molecule has 8 heteroatoms. The Balaban J connectivity index is 0.00000312. The number of hydrogen-bond donors (Lipinski definition) is 3. The summed E-state index contributed by atoms with van der Waals surface area (Å²) < 4.78 is 10.8. The molecule has 3 N–H and O–H groups in total. The normalized spacial score (nSPS) is 16.4. The highest BCUT2D eigenvalue weighted by molar-refractivity contribution is 5.85. The van der Waals surface area contributed by atoms with E-state index in [4.69, 9.17) is 9.47 Å². The molecule has 25 heavy (non-hydrogen) atoms. The molecule has 1 aromatic rings. The van der Waals surface area contributed by atoms with Crippen molar-refractivity contribution in [1.29, 1.82) is 0 Å². The van der Waals surface area contributed by atoms with Crippen LogP contribution in [0.1, 0.15) is 18.9 Å². The van der Waals surface area contributed by atoms with Crippen molar-refractivity contribution in [2.75, 3.05) is 32.9 Å². The summed E-state index contributed by atoms with van der Waals surface area (Å²) in [4.78, 5) is 23.4. The van der Waals surface area contributed by atoms with Gasteiger partial charge < -0.3 is 25.4 Å². The van der Waals surface area contributed by atoms with Crippen LogP contribution in [0.2, 0.25) is 0 Å². The fourth-order valence-electron chi connectivity index (χ4n) is 2.39. The minimum atomic E-state index is -0.154. The lowest BCUT2D eigenvalue weighted by Crippen LogP contribution is -2.44. The Morgan fingerprint density at radius 1 is 1.32 bits per heavy atom. The Bertz CT molecular complexity index is 550. The van der Waals surface area contributed by atoms with Crippen LogP contribution in [-0.2, 0) is 20.9 Å². The van der Waals surface area contributed by atoms with Gasteiger partial charge in [-0.05, 0) is 24.6 Å². The number of halogens is 1. The zero-order valence-corrected chi connectivity index (χ0v) is 15.2. The molecule has 1 unspecified atom stereocenters. The maximum atomic E-state index is 12.0. The number of morpholine rings is 1. The number of carbonyl (C=O) groups excluding carboxylic acids is 2. The fourth-order valence-corrected chi connectivity index (χ4v) is 2.39. The molecular weight excluding hydrogens is 346 g/mol. The average molecular weight is 372 g/mol. The first-order valence-electron chi connectivity index (χ1n) is 8.23. The predicted molar refractivity (Wildman–Crippen MR) is 96.9 cm³/mol. The first-order valence-corrected chi connectivity index (χ1v) is 8.23. The second-order valence-electron chi connectivity index (χ2n) is 5.60. The van der Waals surface area contributed by atoms with Crippen LogP contribution in [-0.4, -0.2) is 50.8 Å². The van der Waals surface area contributed by atoms with Crippen molar-refractivity contribution in [2.24, 2.45) is 0 Å². The van der Waals surface area contributed by atoms with E-state index in [1.165, 1.54) is 0 Å². The summed E-state index contributed by atoms with van der Waals surface area (Å²) in [5, 5.41) is 8.81. The van der Waals surface area contributed by atoms with Gasteiger partial charge in [0.05, 0.1) is 13.2 Å². The second-order valence-corrected chi connectivity index (χ2v) is 5.60. The van der Waals surface area contributed by atoms with E-state index in [1.807, 2.05) is 25.1 Å². The van der Waals surface area contributed by atoms with Gasteiger partial charge in [0, 0.05) is 32.1 Å². The van der Waals surface area contributed by atoms with Gasteiger partial charge in [0.15, 0.2) is 6.61 Å². The van der Waals surface area contributed by atoms with Gasteiger partial charge in [0.1, 0.15) is 5.75 Å². The van der Waals surface area contributed by atoms with E-state index in [9.17, 15) is 9.59 Å². The minimum Gasteiger partial charge on any atom is -0.484 e. The molecule has 1 saturated heterocycles. The van der Waals surface area contributed by atoms with Gasteiger partial charge in [0.2, 0.25) is 5.91 Å². The molecule has 1 fully saturated rings. The average Bonchev–Trinajstić information content (AvgIpc) is 2.60. The lowest BCUT2D eigenvalue weighted by atomic mass is 10.1. The van der Waals surface area contributed by atoms with E-state index in [2.05, 4.69) is 16.0 Å². The molecule has 1 aliphatic rings. The minimum absolute atomic E-state index is 0. The Hall–Kier alpha value is -1.83. The predicted octanol–water partition coefficient (Wildman–Crippen LogP) is 0.618. The highest BCUT2D eigenvalue weighted by Crippen LogP contribution is 2.13. The van der Waals surface area contributed by atoms with Crippen LogP contribution in [0.5, 0.6) is 5.75 Å². The third-order valence-corrected chi connectivity index (χ3v) is 3.56. The Morgan fingerprint density at radius 3 is 2.88 bits per heavy atom. The smallest absolute Gasteiger partial charge is 0.257 e. The number of rotatable bonds is 8. The Morgan fingerprint density at radius 2 is 2.16 bits per heavy atom. The van der Waals surface area contributed by atoms with E-state index in [1.54, 1.807) is 6.07 Å². The van der Waals surface area contributed by atoms with Gasteiger partial charge >= 0.3 is 0 Å². The van der Waals surface area contributed by atoms with Gasteiger partial charge in [-0.25, -0.2) is 0 Å². The first kappa shape index (κ1) is 21.2. The van der Waals surface area contributed by atoms with Crippen LogP contribution in [0.3, 0.4) is 0 Å². The monoisotopic (exact) mass is 371 g/mol. The lowest BCUT2D eigenvalue weighted by molar-refractivity contribution is -0.123. The van der Waals surface area contributed by atoms with E-state index in [0.717, 1.165) is 12.1 Å². The van der Waals surface area contributed by atoms with E-state index < -0.39 is 0 Å². The molecule has 0 aliphatic carbocycles. The highest BCUT2D eigenvalue weighted by Gasteiger charge is 2.16. The second kappa shape index (κ2) is 11.7.